The van der Waals surface area contributed by atoms with Gasteiger partial charge >= 0.3 is 0 Å². The van der Waals surface area contributed by atoms with E-state index in [1.54, 1.807) is 4.90 Å². The van der Waals surface area contributed by atoms with Gasteiger partial charge in [0.1, 0.15) is 0 Å². The van der Waals surface area contributed by atoms with E-state index in [1.807, 2.05) is 25.1 Å². The SMILES string of the molecule is Cc1cc(CNS(=O)O)ccc1N(C=O)C1CC1. The highest BCUT2D eigenvalue weighted by molar-refractivity contribution is 7.77. The molecule has 2 rings (SSSR count). The Morgan fingerprint density at radius 3 is 2.78 bits per heavy atom. The summed E-state index contributed by atoms with van der Waals surface area (Å²) in [5, 5.41) is 0. The molecule has 1 fully saturated rings. The molecule has 1 unspecified atom stereocenters. The lowest BCUT2D eigenvalue weighted by Gasteiger charge is -2.19. The van der Waals surface area contributed by atoms with Crippen LogP contribution in [-0.4, -0.2) is 21.2 Å². The highest BCUT2D eigenvalue weighted by Crippen LogP contribution is 2.32. The van der Waals surface area contributed by atoms with Crippen LogP contribution in [0.1, 0.15) is 24.0 Å². The fourth-order valence-electron chi connectivity index (χ4n) is 1.95. The number of anilines is 1. The predicted molar refractivity (Wildman–Crippen MR) is 70.4 cm³/mol. The first-order chi connectivity index (χ1) is 8.61. The molecule has 1 amide bonds. The molecule has 1 atom stereocenters. The van der Waals surface area contributed by atoms with Crippen LogP contribution in [0.15, 0.2) is 18.2 Å². The standard InChI is InChI=1S/C12H16N2O3S/c1-9-6-10(7-13-18(16)17)2-5-12(9)14(8-15)11-3-4-11/h2,5-6,8,11,13H,3-4,7H2,1H3,(H,16,17). The molecule has 0 bridgehead atoms. The quantitative estimate of drug-likeness (QED) is 0.604. The number of benzene rings is 1. The van der Waals surface area contributed by atoms with Crippen molar-refractivity contribution in [3.8, 4) is 0 Å². The molecule has 1 aliphatic carbocycles. The Kier molecular flexibility index (Phi) is 4.11. The molecule has 1 aliphatic rings. The lowest BCUT2D eigenvalue weighted by Crippen LogP contribution is -2.24. The summed E-state index contributed by atoms with van der Waals surface area (Å²) in [4.78, 5) is 12.8. The van der Waals surface area contributed by atoms with Crippen LogP contribution in [0.5, 0.6) is 0 Å². The van der Waals surface area contributed by atoms with Gasteiger partial charge < -0.3 is 4.90 Å². The lowest BCUT2D eigenvalue weighted by molar-refractivity contribution is -0.107. The monoisotopic (exact) mass is 268 g/mol. The van der Waals surface area contributed by atoms with Crippen LogP contribution in [0.25, 0.3) is 0 Å². The Hall–Kier alpha value is -1.24. The number of nitrogens with zero attached hydrogens (tertiary/aromatic N) is 1. The van der Waals surface area contributed by atoms with Crippen LogP contribution in [0.3, 0.4) is 0 Å². The van der Waals surface area contributed by atoms with Gasteiger partial charge in [0.15, 0.2) is 0 Å². The number of carbonyl (C=O) groups is 1. The zero-order chi connectivity index (χ0) is 13.1. The summed E-state index contributed by atoms with van der Waals surface area (Å²) in [6, 6.07) is 6.02. The number of carbonyl (C=O) groups excluding carboxylic acids is 1. The molecule has 1 aromatic carbocycles. The number of rotatable bonds is 6. The second kappa shape index (κ2) is 5.60. The molecular weight excluding hydrogens is 252 g/mol. The number of nitrogens with one attached hydrogen (secondary N) is 1. The minimum Gasteiger partial charge on any atom is -0.312 e. The molecule has 0 aliphatic heterocycles. The Balaban J connectivity index is 2.13. The van der Waals surface area contributed by atoms with E-state index in [9.17, 15) is 9.00 Å². The molecule has 0 aromatic heterocycles. The molecule has 5 nitrogen and oxygen atoms in total. The first-order valence-electron chi connectivity index (χ1n) is 5.79. The van der Waals surface area contributed by atoms with Crippen molar-refractivity contribution in [2.24, 2.45) is 0 Å². The van der Waals surface area contributed by atoms with Crippen molar-refractivity contribution >= 4 is 23.4 Å². The third kappa shape index (κ3) is 3.16. The van der Waals surface area contributed by atoms with Crippen molar-refractivity contribution in [1.29, 1.82) is 0 Å². The lowest BCUT2D eigenvalue weighted by atomic mass is 10.1. The van der Waals surface area contributed by atoms with E-state index in [0.29, 0.717) is 12.6 Å². The maximum Gasteiger partial charge on any atom is 0.232 e. The van der Waals surface area contributed by atoms with Gasteiger partial charge in [0.05, 0.1) is 0 Å². The van der Waals surface area contributed by atoms with Crippen molar-refractivity contribution in [3.05, 3.63) is 29.3 Å². The number of hydrogen-bond donors (Lipinski definition) is 2. The second-order valence-corrected chi connectivity index (χ2v) is 5.22. The first kappa shape index (κ1) is 13.2. The van der Waals surface area contributed by atoms with Crippen LogP contribution < -0.4 is 9.62 Å². The van der Waals surface area contributed by atoms with E-state index >= 15 is 0 Å². The molecule has 0 heterocycles. The van der Waals surface area contributed by atoms with E-state index in [1.165, 1.54) is 0 Å². The minimum atomic E-state index is -2.00. The minimum absolute atomic E-state index is 0.328. The summed E-state index contributed by atoms with van der Waals surface area (Å²) in [6.45, 7) is 2.27. The Morgan fingerprint density at radius 1 is 1.56 bits per heavy atom. The van der Waals surface area contributed by atoms with Crippen molar-refractivity contribution in [2.75, 3.05) is 4.90 Å². The zero-order valence-corrected chi connectivity index (χ0v) is 10.9. The zero-order valence-electron chi connectivity index (χ0n) is 10.1. The normalized spacial score (nSPS) is 16.3. The third-order valence-electron chi connectivity index (χ3n) is 2.99. The smallest absolute Gasteiger partial charge is 0.232 e. The average Bonchev–Trinajstić information content (AvgIpc) is 3.14. The van der Waals surface area contributed by atoms with Gasteiger partial charge in [-0.3, -0.25) is 9.35 Å². The largest absolute Gasteiger partial charge is 0.312 e. The van der Waals surface area contributed by atoms with Crippen LogP contribution in [-0.2, 0) is 22.6 Å². The van der Waals surface area contributed by atoms with Gasteiger partial charge in [0.25, 0.3) is 0 Å². The van der Waals surface area contributed by atoms with Crippen molar-refractivity contribution in [1.82, 2.24) is 4.72 Å². The summed E-state index contributed by atoms with van der Waals surface area (Å²) >= 11 is -2.00. The fraction of sp³-hybridized carbons (Fsp3) is 0.417. The fourth-order valence-corrected chi connectivity index (χ4v) is 2.24. The van der Waals surface area contributed by atoms with Gasteiger partial charge in [-0.25, -0.2) is 8.93 Å². The number of hydrogen-bond acceptors (Lipinski definition) is 2. The topological polar surface area (TPSA) is 69.6 Å². The summed E-state index contributed by atoms with van der Waals surface area (Å²) < 4.78 is 21.6. The molecule has 6 heteroatoms. The molecule has 0 saturated heterocycles. The second-order valence-electron chi connectivity index (χ2n) is 4.43. The highest BCUT2D eigenvalue weighted by Gasteiger charge is 2.29. The van der Waals surface area contributed by atoms with E-state index in [2.05, 4.69) is 4.72 Å². The van der Waals surface area contributed by atoms with E-state index in [4.69, 9.17) is 4.55 Å². The molecule has 0 radical (unpaired) electrons. The van der Waals surface area contributed by atoms with Crippen molar-refractivity contribution in [3.63, 3.8) is 0 Å². The molecule has 0 spiro atoms. The summed E-state index contributed by atoms with van der Waals surface area (Å²) in [5.41, 5.74) is 2.83. The van der Waals surface area contributed by atoms with Gasteiger partial charge in [-0.2, -0.15) is 0 Å². The molecule has 98 valence electrons. The van der Waals surface area contributed by atoms with E-state index in [-0.39, 0.29) is 0 Å². The Morgan fingerprint density at radius 2 is 2.28 bits per heavy atom. The summed E-state index contributed by atoms with van der Waals surface area (Å²) in [7, 11) is 0. The third-order valence-corrected chi connectivity index (χ3v) is 3.38. The first-order valence-corrected chi connectivity index (χ1v) is 6.90. The van der Waals surface area contributed by atoms with Crippen LogP contribution in [0, 0.1) is 6.92 Å². The van der Waals surface area contributed by atoms with Crippen LogP contribution in [0.4, 0.5) is 5.69 Å². The van der Waals surface area contributed by atoms with Crippen molar-refractivity contribution < 1.29 is 13.6 Å². The summed E-state index contributed by atoms with van der Waals surface area (Å²) in [5.74, 6) is 0. The Bertz CT molecular complexity index is 474. The maximum atomic E-state index is 11.1. The highest BCUT2D eigenvalue weighted by atomic mass is 32.2. The van der Waals surface area contributed by atoms with E-state index in [0.717, 1.165) is 36.1 Å². The molecule has 2 N–H and O–H groups in total. The van der Waals surface area contributed by atoms with Gasteiger partial charge in [0.2, 0.25) is 17.7 Å². The number of aryl methyl sites for hydroxylation is 1. The molecular formula is C12H16N2O3S. The predicted octanol–water partition coefficient (Wildman–Crippen LogP) is 1.35. The molecule has 1 saturated carbocycles. The van der Waals surface area contributed by atoms with Crippen molar-refractivity contribution in [2.45, 2.75) is 32.4 Å². The summed E-state index contributed by atoms with van der Waals surface area (Å²) in [6.07, 6.45) is 3.00. The van der Waals surface area contributed by atoms with Gasteiger partial charge in [-0.05, 0) is 37.0 Å². The molecule has 18 heavy (non-hydrogen) atoms. The van der Waals surface area contributed by atoms with Gasteiger partial charge in [0, 0.05) is 18.3 Å². The van der Waals surface area contributed by atoms with E-state index < -0.39 is 11.3 Å². The average molecular weight is 268 g/mol. The van der Waals surface area contributed by atoms with Gasteiger partial charge in [-0.1, -0.05) is 12.1 Å². The van der Waals surface area contributed by atoms with Gasteiger partial charge in [-0.15, -0.1) is 0 Å². The maximum absolute atomic E-state index is 11.1. The Labute approximate surface area is 109 Å². The van der Waals surface area contributed by atoms with Crippen LogP contribution >= 0.6 is 0 Å². The number of amides is 1. The van der Waals surface area contributed by atoms with Crippen LogP contribution in [0.2, 0.25) is 0 Å². The molecule has 1 aromatic rings.